The Kier molecular flexibility index (Phi) is 5.28. The number of rotatable bonds is 4. The molecule has 2 aromatic rings. The predicted molar refractivity (Wildman–Crippen MR) is 110 cm³/mol. The molecule has 0 amide bonds. The summed E-state index contributed by atoms with van der Waals surface area (Å²) in [7, 11) is 0. The topological polar surface area (TPSA) is 15.3 Å². The van der Waals surface area contributed by atoms with E-state index in [2.05, 4.69) is 36.2 Å². The Hall–Kier alpha value is -1.42. The van der Waals surface area contributed by atoms with E-state index >= 15 is 0 Å². The molecule has 1 heterocycles. The maximum absolute atomic E-state index is 13.4. The second kappa shape index (κ2) is 7.54. The van der Waals surface area contributed by atoms with Crippen molar-refractivity contribution in [2.45, 2.75) is 50.6 Å². The first-order valence-electron chi connectivity index (χ1n) is 10.1. The first-order valence-corrected chi connectivity index (χ1v) is 10.5. The van der Waals surface area contributed by atoms with E-state index in [9.17, 15) is 4.39 Å². The van der Waals surface area contributed by atoms with E-state index in [1.165, 1.54) is 16.7 Å². The van der Waals surface area contributed by atoms with Gasteiger partial charge in [0.1, 0.15) is 5.82 Å². The van der Waals surface area contributed by atoms with Gasteiger partial charge in [-0.1, -0.05) is 43.6 Å². The third kappa shape index (κ3) is 3.53. The average molecular weight is 387 g/mol. The number of nitrogens with zero attached hydrogens (tertiary/aromatic N) is 1. The van der Waals surface area contributed by atoms with E-state index in [0.717, 1.165) is 43.9 Å². The first kappa shape index (κ1) is 18.9. The summed E-state index contributed by atoms with van der Waals surface area (Å²) in [6, 6.07) is 13.7. The number of nitrogens with one attached hydrogen (secondary N) is 1. The van der Waals surface area contributed by atoms with Gasteiger partial charge in [0.15, 0.2) is 0 Å². The van der Waals surface area contributed by atoms with E-state index in [4.69, 9.17) is 11.6 Å². The van der Waals surface area contributed by atoms with Crippen LogP contribution >= 0.6 is 11.6 Å². The van der Waals surface area contributed by atoms with Crippen molar-refractivity contribution in [3.8, 4) is 0 Å². The number of hydrogen-bond acceptors (Lipinski definition) is 2. The van der Waals surface area contributed by atoms with Crippen LogP contribution in [0, 0.1) is 5.82 Å². The zero-order valence-corrected chi connectivity index (χ0v) is 16.9. The standard InChI is InChI=1S/C23H28ClFN2/c1-3-23(4-2)15-27(12-11-26-23)22-14-20(16-5-8-18(25)9-6-16)19-10-7-17(24)13-21(19)22/h5-10,13,20,22,26H,3-4,11-12,14-15H2,1-2H3. The molecule has 2 aliphatic rings. The summed E-state index contributed by atoms with van der Waals surface area (Å²) in [6.07, 6.45) is 3.30. The van der Waals surface area contributed by atoms with Crippen molar-refractivity contribution >= 4 is 11.6 Å². The van der Waals surface area contributed by atoms with Gasteiger partial charge < -0.3 is 5.32 Å². The molecule has 27 heavy (non-hydrogen) atoms. The summed E-state index contributed by atoms with van der Waals surface area (Å²) in [6.45, 7) is 7.69. The van der Waals surface area contributed by atoms with Crippen molar-refractivity contribution in [3.05, 3.63) is 70.0 Å². The van der Waals surface area contributed by atoms with Crippen LogP contribution in [0.25, 0.3) is 0 Å². The molecule has 2 nitrogen and oxygen atoms in total. The molecule has 0 spiro atoms. The fourth-order valence-corrected chi connectivity index (χ4v) is 5.14. The number of hydrogen-bond donors (Lipinski definition) is 1. The van der Waals surface area contributed by atoms with Crippen molar-refractivity contribution in [3.63, 3.8) is 0 Å². The van der Waals surface area contributed by atoms with Crippen LogP contribution < -0.4 is 5.32 Å². The Morgan fingerprint density at radius 1 is 1.11 bits per heavy atom. The lowest BCUT2D eigenvalue weighted by Gasteiger charge is -2.45. The molecule has 0 saturated carbocycles. The molecular formula is C23H28ClFN2. The zero-order chi connectivity index (χ0) is 19.0. The largest absolute Gasteiger partial charge is 0.309 e. The number of halogens is 2. The summed E-state index contributed by atoms with van der Waals surface area (Å²) in [5.74, 6) is 0.123. The van der Waals surface area contributed by atoms with Crippen LogP contribution in [0.2, 0.25) is 5.02 Å². The maximum atomic E-state index is 13.4. The minimum Gasteiger partial charge on any atom is -0.309 e. The van der Waals surface area contributed by atoms with Crippen molar-refractivity contribution in [1.29, 1.82) is 0 Å². The molecule has 2 atom stereocenters. The Labute approximate surface area is 166 Å². The van der Waals surface area contributed by atoms with E-state index in [-0.39, 0.29) is 11.4 Å². The highest BCUT2D eigenvalue weighted by molar-refractivity contribution is 6.30. The van der Waals surface area contributed by atoms with Crippen LogP contribution in [0.1, 0.15) is 61.8 Å². The van der Waals surface area contributed by atoms with Gasteiger partial charge in [0.2, 0.25) is 0 Å². The van der Waals surface area contributed by atoms with Gasteiger partial charge in [0, 0.05) is 42.2 Å². The molecule has 1 aliphatic heterocycles. The number of benzene rings is 2. The van der Waals surface area contributed by atoms with Crippen LogP contribution in [-0.2, 0) is 0 Å². The molecule has 2 unspecified atom stereocenters. The van der Waals surface area contributed by atoms with Gasteiger partial charge >= 0.3 is 0 Å². The Bertz CT molecular complexity index is 801. The van der Waals surface area contributed by atoms with E-state index < -0.39 is 0 Å². The summed E-state index contributed by atoms with van der Waals surface area (Å²) in [4.78, 5) is 2.64. The van der Waals surface area contributed by atoms with Gasteiger partial charge in [-0.25, -0.2) is 4.39 Å². The molecule has 0 radical (unpaired) electrons. The maximum Gasteiger partial charge on any atom is 0.123 e. The molecule has 1 fully saturated rings. The molecular weight excluding hydrogens is 359 g/mol. The van der Waals surface area contributed by atoms with E-state index in [0.29, 0.717) is 12.0 Å². The highest BCUT2D eigenvalue weighted by atomic mass is 35.5. The fourth-order valence-electron chi connectivity index (χ4n) is 4.96. The fraction of sp³-hybridized carbons (Fsp3) is 0.478. The van der Waals surface area contributed by atoms with Gasteiger partial charge in [-0.15, -0.1) is 0 Å². The molecule has 1 saturated heterocycles. The smallest absolute Gasteiger partial charge is 0.123 e. The molecule has 144 valence electrons. The second-order valence-corrected chi connectivity index (χ2v) is 8.45. The Morgan fingerprint density at radius 2 is 1.85 bits per heavy atom. The van der Waals surface area contributed by atoms with Gasteiger partial charge in [-0.3, -0.25) is 4.90 Å². The SMILES string of the molecule is CCC1(CC)CN(C2CC(c3ccc(F)cc3)c3ccc(Cl)cc32)CCN1. The van der Waals surface area contributed by atoms with Gasteiger partial charge in [-0.2, -0.15) is 0 Å². The van der Waals surface area contributed by atoms with Crippen LogP contribution in [0.5, 0.6) is 0 Å². The average Bonchev–Trinajstić information content (AvgIpc) is 3.07. The highest BCUT2D eigenvalue weighted by Crippen LogP contribution is 2.48. The molecule has 4 rings (SSSR count). The van der Waals surface area contributed by atoms with Crippen LogP contribution in [0.3, 0.4) is 0 Å². The summed E-state index contributed by atoms with van der Waals surface area (Å²) in [5, 5.41) is 4.56. The zero-order valence-electron chi connectivity index (χ0n) is 16.1. The van der Waals surface area contributed by atoms with Gasteiger partial charge in [0.05, 0.1) is 0 Å². The molecule has 2 aromatic carbocycles. The van der Waals surface area contributed by atoms with E-state index in [1.54, 1.807) is 12.1 Å². The van der Waals surface area contributed by atoms with Crippen molar-refractivity contribution in [2.24, 2.45) is 0 Å². The molecule has 0 bridgehead atoms. The third-order valence-electron chi connectivity index (χ3n) is 6.71. The number of piperazine rings is 1. The molecule has 4 heteroatoms. The van der Waals surface area contributed by atoms with Crippen molar-refractivity contribution in [2.75, 3.05) is 19.6 Å². The number of fused-ring (bicyclic) bond motifs is 1. The monoisotopic (exact) mass is 386 g/mol. The quantitative estimate of drug-likeness (QED) is 0.744. The summed E-state index contributed by atoms with van der Waals surface area (Å²) >= 11 is 6.37. The molecule has 1 N–H and O–H groups in total. The van der Waals surface area contributed by atoms with E-state index in [1.807, 2.05) is 18.2 Å². The lowest BCUT2D eigenvalue weighted by Crippen LogP contribution is -2.60. The lowest BCUT2D eigenvalue weighted by atomic mass is 9.89. The third-order valence-corrected chi connectivity index (χ3v) is 6.95. The first-order chi connectivity index (χ1) is 13.0. The lowest BCUT2D eigenvalue weighted by molar-refractivity contribution is 0.0844. The predicted octanol–water partition coefficient (Wildman–Crippen LogP) is 5.52. The van der Waals surface area contributed by atoms with Crippen LogP contribution in [0.4, 0.5) is 4.39 Å². The molecule has 0 aromatic heterocycles. The van der Waals surface area contributed by atoms with Crippen molar-refractivity contribution in [1.82, 2.24) is 10.2 Å². The normalized spacial score (nSPS) is 24.7. The van der Waals surface area contributed by atoms with Crippen LogP contribution in [-0.4, -0.2) is 30.1 Å². The Balaban J connectivity index is 1.68. The minimum absolute atomic E-state index is 0.178. The van der Waals surface area contributed by atoms with Crippen molar-refractivity contribution < 1.29 is 4.39 Å². The van der Waals surface area contributed by atoms with Gasteiger partial charge in [-0.05, 0) is 60.2 Å². The second-order valence-electron chi connectivity index (χ2n) is 8.01. The molecule has 1 aliphatic carbocycles. The van der Waals surface area contributed by atoms with Crippen LogP contribution in [0.15, 0.2) is 42.5 Å². The summed E-state index contributed by atoms with van der Waals surface area (Å²) in [5.41, 5.74) is 4.08. The van der Waals surface area contributed by atoms with Gasteiger partial charge in [0.25, 0.3) is 0 Å². The highest BCUT2D eigenvalue weighted by Gasteiger charge is 2.40. The summed E-state index contributed by atoms with van der Waals surface area (Å²) < 4.78 is 13.4. The minimum atomic E-state index is -0.178. The Morgan fingerprint density at radius 3 is 2.56 bits per heavy atom.